The third-order valence-electron chi connectivity index (χ3n) is 18.4. The molecular formula is C82H54B2N6Se2. The summed E-state index contributed by atoms with van der Waals surface area (Å²) >= 11 is -0.532. The van der Waals surface area contributed by atoms with Crippen LogP contribution in [0.2, 0.25) is 0 Å². The van der Waals surface area contributed by atoms with Gasteiger partial charge in [-0.1, -0.05) is 0 Å². The van der Waals surface area contributed by atoms with Crippen molar-refractivity contribution in [1.29, 1.82) is 0 Å². The number of para-hydroxylation sites is 8. The maximum absolute atomic E-state index is 5.25. The van der Waals surface area contributed by atoms with Gasteiger partial charge in [-0.2, -0.15) is 0 Å². The Kier molecular flexibility index (Phi) is 13.4. The zero-order valence-electron chi connectivity index (χ0n) is 49.8. The number of aromatic nitrogens is 2. The van der Waals surface area contributed by atoms with Crippen LogP contribution in [0.5, 0.6) is 0 Å². The van der Waals surface area contributed by atoms with Crippen molar-refractivity contribution in [2.75, 3.05) is 19.6 Å². The van der Waals surface area contributed by atoms with E-state index in [1.54, 1.807) is 0 Å². The first kappa shape index (κ1) is 54.3. The van der Waals surface area contributed by atoms with Crippen molar-refractivity contribution < 1.29 is 0 Å². The molecule has 0 unspecified atom stereocenters. The van der Waals surface area contributed by atoms with E-state index in [1.165, 1.54) is 84.5 Å². The molecule has 18 rings (SSSR count). The maximum atomic E-state index is 5.25. The molecule has 0 bridgehead atoms. The molecule has 0 saturated carbocycles. The van der Waals surface area contributed by atoms with Crippen LogP contribution in [0.1, 0.15) is 0 Å². The van der Waals surface area contributed by atoms with E-state index in [1.807, 2.05) is 24.5 Å². The fourth-order valence-electron chi connectivity index (χ4n) is 14.7. The van der Waals surface area contributed by atoms with Crippen molar-refractivity contribution in [2.45, 2.75) is 0 Å². The van der Waals surface area contributed by atoms with Crippen LogP contribution in [0.15, 0.2) is 328 Å². The van der Waals surface area contributed by atoms with Gasteiger partial charge in [-0.15, -0.1) is 0 Å². The summed E-state index contributed by atoms with van der Waals surface area (Å²) in [4.78, 5) is 20.5. The number of anilines is 12. The molecule has 10 heteroatoms. The van der Waals surface area contributed by atoms with Crippen LogP contribution >= 0.6 is 0 Å². The van der Waals surface area contributed by atoms with Crippen LogP contribution in [0.3, 0.4) is 0 Å². The fraction of sp³-hybridized carbons (Fsp3) is 0. The normalized spacial score (nSPS) is 12.8. The van der Waals surface area contributed by atoms with Crippen molar-refractivity contribution in [3.05, 3.63) is 328 Å². The molecule has 430 valence electrons. The van der Waals surface area contributed by atoms with Gasteiger partial charge in [0.1, 0.15) is 0 Å². The molecule has 0 N–H and O–H groups in total. The molecule has 0 atom stereocenters. The van der Waals surface area contributed by atoms with Crippen LogP contribution in [-0.2, 0) is 0 Å². The minimum atomic E-state index is -0.266. The van der Waals surface area contributed by atoms with E-state index < -0.39 is 0 Å². The molecule has 14 aromatic rings. The molecule has 4 aliphatic heterocycles. The monoisotopic (exact) mass is 1300 g/mol. The molecule has 6 nitrogen and oxygen atoms in total. The molecule has 0 spiro atoms. The van der Waals surface area contributed by atoms with E-state index in [2.05, 4.69) is 323 Å². The minimum absolute atomic E-state index is 0.122. The van der Waals surface area contributed by atoms with Gasteiger partial charge in [-0.05, 0) is 0 Å². The van der Waals surface area contributed by atoms with Gasteiger partial charge in [0, 0.05) is 0 Å². The van der Waals surface area contributed by atoms with E-state index in [4.69, 9.17) is 9.97 Å². The first-order chi connectivity index (χ1) is 45.7. The number of pyridine rings is 2. The summed E-state index contributed by atoms with van der Waals surface area (Å²) in [6, 6.07) is 116. The van der Waals surface area contributed by atoms with E-state index >= 15 is 0 Å². The molecule has 0 fully saturated rings. The van der Waals surface area contributed by atoms with E-state index in [-0.39, 0.29) is 43.3 Å². The fourth-order valence-corrected chi connectivity index (χ4v) is 20.6. The number of fused-ring (bicyclic) bond motifs is 8. The zero-order valence-corrected chi connectivity index (χ0v) is 53.3. The molecule has 6 heterocycles. The van der Waals surface area contributed by atoms with Crippen LogP contribution in [0, 0.1) is 0 Å². The standard InChI is InChI=1S/C82H54B2N6Se2/c1-7-28-55(29-8-1)87(56-30-9-2-10-31-56)61-50-73-79-75(52-61)91-81-67(83(79)65-42-19-21-46-71(65)89(73)59-36-15-5-16-37-59)54-68-82(78(81)77-63(69-44-23-25-48-85-69)40-27-41-64(77)70-45-24-26-49-86-70)92-76-53-62(88(57-32-11-3-12-33-57)58-34-13-4-14-35-58)51-74-80(76)84(68)66-43-20-22-47-72(66)90(74)60-38-17-6-18-39-60/h1-54H. The van der Waals surface area contributed by atoms with Crippen molar-refractivity contribution in [3.63, 3.8) is 0 Å². The Bertz CT molecular complexity index is 4740. The number of hydrogen-bond acceptors (Lipinski definition) is 6. The van der Waals surface area contributed by atoms with Gasteiger partial charge in [0.25, 0.3) is 0 Å². The number of benzene rings is 12. The van der Waals surface area contributed by atoms with Gasteiger partial charge < -0.3 is 0 Å². The molecule has 12 aromatic carbocycles. The van der Waals surface area contributed by atoms with E-state index in [0.29, 0.717) is 0 Å². The predicted molar refractivity (Wildman–Crippen MR) is 389 cm³/mol. The van der Waals surface area contributed by atoms with Crippen molar-refractivity contribution in [3.8, 4) is 33.6 Å². The summed E-state index contributed by atoms with van der Waals surface area (Å²) in [5.74, 6) is 0. The second kappa shape index (κ2) is 22.7. The second-order valence-electron chi connectivity index (χ2n) is 23.5. The average Bonchev–Trinajstić information content (AvgIpc) is 0.690. The Morgan fingerprint density at radius 1 is 0.283 bits per heavy atom. The second-order valence-corrected chi connectivity index (χ2v) is 28.0. The summed E-state index contributed by atoms with van der Waals surface area (Å²) in [5.41, 5.74) is 28.2. The van der Waals surface area contributed by atoms with Gasteiger partial charge >= 0.3 is 553 Å². The molecule has 2 aromatic heterocycles. The number of nitrogens with zero attached hydrogens (tertiary/aromatic N) is 6. The molecule has 0 radical (unpaired) electrons. The van der Waals surface area contributed by atoms with Gasteiger partial charge in [-0.3, -0.25) is 0 Å². The summed E-state index contributed by atoms with van der Waals surface area (Å²) < 4.78 is 5.53. The summed E-state index contributed by atoms with van der Waals surface area (Å²) in [6.45, 7) is -0.245. The summed E-state index contributed by atoms with van der Waals surface area (Å²) in [6.07, 6.45) is 3.89. The van der Waals surface area contributed by atoms with Gasteiger partial charge in [0.05, 0.1) is 0 Å². The first-order valence-electron chi connectivity index (χ1n) is 31.3. The molecular weight excluding hydrogens is 1250 g/mol. The first-order valence-corrected chi connectivity index (χ1v) is 34.7. The summed E-state index contributed by atoms with van der Waals surface area (Å²) in [5, 5.41) is 0. The van der Waals surface area contributed by atoms with Crippen molar-refractivity contribution >= 4 is 162 Å². The van der Waals surface area contributed by atoms with Crippen molar-refractivity contribution in [2.24, 2.45) is 0 Å². The zero-order chi connectivity index (χ0) is 60.6. The third kappa shape index (κ3) is 8.93. The van der Waals surface area contributed by atoms with Crippen LogP contribution < -0.4 is 70.2 Å². The molecule has 0 saturated heterocycles. The van der Waals surface area contributed by atoms with Gasteiger partial charge in [-0.25, -0.2) is 0 Å². The molecule has 0 aliphatic carbocycles. The Hall–Kier alpha value is -10.7. The third-order valence-corrected chi connectivity index (χ3v) is 23.4. The molecule has 92 heavy (non-hydrogen) atoms. The van der Waals surface area contributed by atoms with Crippen LogP contribution in [-0.4, -0.2) is 53.3 Å². The Labute approximate surface area is 549 Å². The number of rotatable bonds is 11. The topological polar surface area (TPSA) is 38.7 Å². The predicted octanol–water partition coefficient (Wildman–Crippen LogP) is 13.0. The Morgan fingerprint density at radius 3 is 1.02 bits per heavy atom. The number of hydrogen-bond donors (Lipinski definition) is 0. The SMILES string of the molecule is c1ccc(N(c2ccccc2)c2cc3c4c(c2)N(c2ccccc2)c2ccccc2B4c2cc4c(c(-c5c(-c6ccccn6)cccc5-c5ccccn5)c2[Se]3)[Se]c2cc(N(c3ccccc3)c3ccccc3)cc3c2B4c2ccccc2N3c2ccccc2)cc1. The average molecular weight is 1300 g/mol. The van der Waals surface area contributed by atoms with Gasteiger partial charge in [0.2, 0.25) is 0 Å². The van der Waals surface area contributed by atoms with Crippen molar-refractivity contribution in [1.82, 2.24) is 9.97 Å². The van der Waals surface area contributed by atoms with Crippen LogP contribution in [0.4, 0.5) is 68.2 Å². The van der Waals surface area contributed by atoms with Gasteiger partial charge in [0.15, 0.2) is 0 Å². The Morgan fingerprint density at radius 2 is 0.641 bits per heavy atom. The van der Waals surface area contributed by atoms with Crippen LogP contribution in [0.25, 0.3) is 33.6 Å². The van der Waals surface area contributed by atoms with E-state index in [9.17, 15) is 0 Å². The van der Waals surface area contributed by atoms with E-state index in [0.717, 1.165) is 68.0 Å². The summed E-state index contributed by atoms with van der Waals surface area (Å²) in [7, 11) is 0. The quantitative estimate of drug-likeness (QED) is 0.120. The molecule has 4 aliphatic rings. The Balaban J connectivity index is 0.984. The molecule has 0 amide bonds.